The summed E-state index contributed by atoms with van der Waals surface area (Å²) in [5.74, 6) is 0. The molecule has 80 valence electrons. The average Bonchev–Trinajstić information content (AvgIpc) is 2.86. The molecule has 4 heteroatoms. The van der Waals surface area contributed by atoms with Crippen molar-refractivity contribution in [2.24, 2.45) is 0 Å². The van der Waals surface area contributed by atoms with Gasteiger partial charge in [-0.2, -0.15) is 0 Å². The van der Waals surface area contributed by atoms with Gasteiger partial charge < -0.3 is 4.98 Å². The molecular weight excluding hydrogens is 240 g/mol. The fourth-order valence-electron chi connectivity index (χ4n) is 1.80. The van der Waals surface area contributed by atoms with E-state index in [1.54, 1.807) is 17.5 Å². The van der Waals surface area contributed by atoms with Crippen LogP contribution in [-0.4, -0.2) is 9.97 Å². The van der Waals surface area contributed by atoms with Gasteiger partial charge in [0.1, 0.15) is 5.65 Å². The highest BCUT2D eigenvalue weighted by Gasteiger charge is 2.11. The first-order valence-electron chi connectivity index (χ1n) is 4.93. The van der Waals surface area contributed by atoms with Crippen LogP contribution >= 0.6 is 22.9 Å². The Morgan fingerprint density at radius 1 is 1.44 bits per heavy atom. The van der Waals surface area contributed by atoms with Crippen molar-refractivity contribution >= 4 is 34.0 Å². The Kier molecular flexibility index (Phi) is 2.23. The summed E-state index contributed by atoms with van der Waals surface area (Å²) < 4.78 is 0. The molecule has 0 saturated heterocycles. The molecule has 3 heterocycles. The first kappa shape index (κ1) is 9.87. The first-order valence-corrected chi connectivity index (χ1v) is 6.18. The van der Waals surface area contributed by atoms with Crippen LogP contribution in [0.5, 0.6) is 0 Å². The molecule has 0 unspecified atom stereocenters. The number of hydrogen-bond acceptors (Lipinski definition) is 2. The van der Waals surface area contributed by atoms with Gasteiger partial charge in [0.15, 0.2) is 0 Å². The smallest absolute Gasteiger partial charge is 0.137 e. The van der Waals surface area contributed by atoms with Crippen LogP contribution in [0.3, 0.4) is 0 Å². The number of pyridine rings is 1. The zero-order valence-electron chi connectivity index (χ0n) is 8.62. The van der Waals surface area contributed by atoms with E-state index in [9.17, 15) is 0 Å². The Bertz CT molecular complexity index is 654. The maximum absolute atomic E-state index is 6.23. The van der Waals surface area contributed by atoms with E-state index in [0.29, 0.717) is 5.02 Å². The molecule has 0 aromatic carbocycles. The van der Waals surface area contributed by atoms with Crippen molar-refractivity contribution in [3.05, 3.63) is 40.5 Å². The summed E-state index contributed by atoms with van der Waals surface area (Å²) in [5.41, 5.74) is 3.22. The van der Waals surface area contributed by atoms with Gasteiger partial charge in [-0.15, -0.1) is 11.3 Å². The highest BCUT2D eigenvalue weighted by molar-refractivity contribution is 7.13. The minimum absolute atomic E-state index is 0.703. The van der Waals surface area contributed by atoms with Crippen LogP contribution in [0.25, 0.3) is 21.5 Å². The van der Waals surface area contributed by atoms with Gasteiger partial charge in [-0.1, -0.05) is 11.6 Å². The van der Waals surface area contributed by atoms with Crippen molar-refractivity contribution in [3.63, 3.8) is 0 Å². The molecule has 0 aliphatic heterocycles. The van der Waals surface area contributed by atoms with Crippen LogP contribution < -0.4 is 0 Å². The summed E-state index contributed by atoms with van der Waals surface area (Å²) in [5, 5.41) is 3.91. The summed E-state index contributed by atoms with van der Waals surface area (Å²) in [6.07, 6.45) is 3.59. The summed E-state index contributed by atoms with van der Waals surface area (Å²) >= 11 is 7.94. The molecular formula is C12H9ClN2S. The van der Waals surface area contributed by atoms with Crippen LogP contribution in [-0.2, 0) is 0 Å². The zero-order chi connectivity index (χ0) is 11.1. The maximum Gasteiger partial charge on any atom is 0.137 e. The summed E-state index contributed by atoms with van der Waals surface area (Å²) in [4.78, 5) is 8.54. The van der Waals surface area contributed by atoms with Gasteiger partial charge >= 0.3 is 0 Å². The highest BCUT2D eigenvalue weighted by atomic mass is 35.5. The molecule has 0 atom stereocenters. The second-order valence-electron chi connectivity index (χ2n) is 3.71. The van der Waals surface area contributed by atoms with Gasteiger partial charge in [0, 0.05) is 28.2 Å². The SMILES string of the molecule is Cc1csc(-c2c(Cl)cnc3[nH]ccc23)c1. The first-order chi connectivity index (χ1) is 7.75. The van der Waals surface area contributed by atoms with Crippen molar-refractivity contribution in [2.45, 2.75) is 6.92 Å². The molecule has 0 amide bonds. The summed E-state index contributed by atoms with van der Waals surface area (Å²) in [6, 6.07) is 4.16. The molecule has 0 bridgehead atoms. The van der Waals surface area contributed by atoms with Gasteiger partial charge in [-0.3, -0.25) is 0 Å². The molecule has 3 aromatic rings. The number of H-pyrrole nitrogens is 1. The third-order valence-corrected chi connectivity index (χ3v) is 3.87. The molecule has 2 nitrogen and oxygen atoms in total. The number of aromatic nitrogens is 2. The number of fused-ring (bicyclic) bond motifs is 1. The standard InChI is InChI=1S/C12H9ClN2S/c1-7-4-10(16-6-7)11-8-2-3-14-12(8)15-5-9(11)13/h2-6H,1H3,(H,14,15). The van der Waals surface area contributed by atoms with Crippen molar-refractivity contribution < 1.29 is 0 Å². The van der Waals surface area contributed by atoms with Gasteiger partial charge in [0.25, 0.3) is 0 Å². The lowest BCUT2D eigenvalue weighted by molar-refractivity contribution is 1.33. The lowest BCUT2D eigenvalue weighted by Gasteiger charge is -2.02. The quantitative estimate of drug-likeness (QED) is 0.685. The van der Waals surface area contributed by atoms with Crippen molar-refractivity contribution in [2.75, 3.05) is 0 Å². The second-order valence-corrected chi connectivity index (χ2v) is 5.03. The van der Waals surface area contributed by atoms with Gasteiger partial charge in [0.2, 0.25) is 0 Å². The van der Waals surface area contributed by atoms with Crippen LogP contribution in [0.2, 0.25) is 5.02 Å². The monoisotopic (exact) mass is 248 g/mol. The summed E-state index contributed by atoms with van der Waals surface area (Å²) in [6.45, 7) is 2.09. The van der Waals surface area contributed by atoms with E-state index in [4.69, 9.17) is 11.6 Å². The predicted octanol–water partition coefficient (Wildman–Crippen LogP) is 4.25. The Hall–Kier alpha value is -1.32. The molecule has 0 aliphatic carbocycles. The van der Waals surface area contributed by atoms with Crippen molar-refractivity contribution in [1.29, 1.82) is 0 Å². The molecule has 0 spiro atoms. The average molecular weight is 249 g/mol. The Labute approximate surface area is 102 Å². The van der Waals surface area contributed by atoms with E-state index >= 15 is 0 Å². The number of nitrogens with one attached hydrogen (secondary N) is 1. The number of nitrogens with zero attached hydrogens (tertiary/aromatic N) is 1. The Balaban J connectivity index is 2.36. The third-order valence-electron chi connectivity index (χ3n) is 2.52. The van der Waals surface area contributed by atoms with Crippen molar-refractivity contribution in [1.82, 2.24) is 9.97 Å². The highest BCUT2D eigenvalue weighted by Crippen LogP contribution is 2.37. The van der Waals surface area contributed by atoms with Crippen LogP contribution in [0.4, 0.5) is 0 Å². The number of rotatable bonds is 1. The van der Waals surface area contributed by atoms with Gasteiger partial charge in [-0.25, -0.2) is 4.98 Å². The van der Waals surface area contributed by atoms with Crippen molar-refractivity contribution in [3.8, 4) is 10.4 Å². The second kappa shape index (κ2) is 3.61. The lowest BCUT2D eigenvalue weighted by Crippen LogP contribution is -1.81. The Morgan fingerprint density at radius 2 is 2.31 bits per heavy atom. The van der Waals surface area contributed by atoms with E-state index in [-0.39, 0.29) is 0 Å². The molecule has 3 aromatic heterocycles. The molecule has 0 aliphatic rings. The van der Waals surface area contributed by atoms with E-state index in [1.807, 2.05) is 12.3 Å². The molecule has 16 heavy (non-hydrogen) atoms. The number of hydrogen-bond donors (Lipinski definition) is 1. The van der Waals surface area contributed by atoms with Crippen LogP contribution in [0.15, 0.2) is 29.9 Å². The predicted molar refractivity (Wildman–Crippen MR) is 69.2 cm³/mol. The molecule has 0 radical (unpaired) electrons. The number of halogens is 1. The van der Waals surface area contributed by atoms with Gasteiger partial charge in [0.05, 0.1) is 5.02 Å². The largest absolute Gasteiger partial charge is 0.346 e. The van der Waals surface area contributed by atoms with E-state index in [2.05, 4.69) is 28.3 Å². The fourth-order valence-corrected chi connectivity index (χ4v) is 3.08. The third kappa shape index (κ3) is 1.44. The number of aromatic amines is 1. The summed E-state index contributed by atoms with van der Waals surface area (Å²) in [7, 11) is 0. The topological polar surface area (TPSA) is 28.7 Å². The van der Waals surface area contributed by atoms with E-state index in [1.165, 1.54) is 10.4 Å². The maximum atomic E-state index is 6.23. The molecule has 1 N–H and O–H groups in total. The van der Waals surface area contributed by atoms with Gasteiger partial charge in [-0.05, 0) is 30.0 Å². The van der Waals surface area contributed by atoms with Crippen LogP contribution in [0, 0.1) is 6.92 Å². The zero-order valence-corrected chi connectivity index (χ0v) is 10.2. The van der Waals surface area contributed by atoms with Crippen LogP contribution in [0.1, 0.15) is 5.56 Å². The van der Waals surface area contributed by atoms with E-state index < -0.39 is 0 Å². The normalized spacial score (nSPS) is 11.1. The number of aryl methyl sites for hydroxylation is 1. The Morgan fingerprint density at radius 3 is 3.06 bits per heavy atom. The number of thiophene rings is 1. The fraction of sp³-hybridized carbons (Fsp3) is 0.0833. The minimum Gasteiger partial charge on any atom is -0.346 e. The molecule has 0 saturated carbocycles. The minimum atomic E-state index is 0.703. The molecule has 0 fully saturated rings. The molecule has 3 rings (SSSR count). The lowest BCUT2D eigenvalue weighted by atomic mass is 10.1. The van der Waals surface area contributed by atoms with E-state index in [0.717, 1.165) is 16.6 Å².